The fourth-order valence-electron chi connectivity index (χ4n) is 1.76. The monoisotopic (exact) mass is 334 g/mol. The van der Waals surface area contributed by atoms with Crippen LogP contribution in [0.5, 0.6) is 5.75 Å². The van der Waals surface area contributed by atoms with Gasteiger partial charge in [-0.2, -0.15) is 5.26 Å². The van der Waals surface area contributed by atoms with Crippen LogP contribution < -0.4 is 10.1 Å². The van der Waals surface area contributed by atoms with Crippen molar-refractivity contribution in [1.29, 1.82) is 5.26 Å². The van der Waals surface area contributed by atoms with E-state index in [1.54, 1.807) is 30.3 Å². The van der Waals surface area contributed by atoms with Crippen LogP contribution in [0, 0.1) is 18.3 Å². The normalized spacial score (nSPS) is 9.91. The lowest BCUT2D eigenvalue weighted by Crippen LogP contribution is -2.20. The number of rotatable bonds is 4. The molecule has 0 aliphatic heterocycles. The van der Waals surface area contributed by atoms with Gasteiger partial charge in [0.2, 0.25) is 0 Å². The van der Waals surface area contributed by atoms with Gasteiger partial charge in [-0.05, 0) is 42.8 Å². The third-order valence-electron chi connectivity index (χ3n) is 2.96. The Kier molecular flexibility index (Phi) is 5.26. The van der Waals surface area contributed by atoms with Crippen molar-refractivity contribution in [3.63, 3.8) is 0 Å². The number of nitriles is 1. The number of anilines is 1. The second-order valence-electron chi connectivity index (χ2n) is 4.51. The number of benzene rings is 2. The van der Waals surface area contributed by atoms with E-state index in [1.807, 2.05) is 13.0 Å². The Morgan fingerprint density at radius 2 is 2.05 bits per heavy atom. The summed E-state index contributed by atoms with van der Waals surface area (Å²) in [4.78, 5) is 11.9. The molecule has 0 unspecified atom stereocenters. The smallest absolute Gasteiger partial charge is 0.262 e. The molecule has 0 saturated carbocycles. The molecule has 0 saturated heterocycles. The minimum absolute atomic E-state index is 0.197. The molecule has 0 bridgehead atoms. The number of nitrogens with zero attached hydrogens (tertiary/aromatic N) is 1. The first kappa shape index (κ1) is 16.2. The van der Waals surface area contributed by atoms with Crippen LogP contribution in [0.15, 0.2) is 36.4 Å². The van der Waals surface area contributed by atoms with E-state index in [4.69, 9.17) is 33.2 Å². The lowest BCUT2D eigenvalue weighted by Gasteiger charge is -2.11. The zero-order chi connectivity index (χ0) is 16.1. The van der Waals surface area contributed by atoms with Crippen molar-refractivity contribution in [2.45, 2.75) is 6.92 Å². The standard InChI is InChI=1S/C16H12Cl2N2O2/c1-10-12(17)3-2-4-14(10)20-16(21)9-22-15-6-5-11(8-19)7-13(15)18/h2-7H,9H2,1H3,(H,20,21). The Morgan fingerprint density at radius 3 is 2.73 bits per heavy atom. The lowest BCUT2D eigenvalue weighted by molar-refractivity contribution is -0.118. The number of amides is 1. The molecule has 4 nitrogen and oxygen atoms in total. The van der Waals surface area contributed by atoms with Crippen molar-refractivity contribution in [1.82, 2.24) is 0 Å². The second kappa shape index (κ2) is 7.17. The average Bonchev–Trinajstić information content (AvgIpc) is 2.50. The Bertz CT molecular complexity index is 754. The van der Waals surface area contributed by atoms with Gasteiger partial charge in [0.25, 0.3) is 5.91 Å². The molecular weight excluding hydrogens is 323 g/mol. The Balaban J connectivity index is 1.99. The van der Waals surface area contributed by atoms with E-state index >= 15 is 0 Å². The summed E-state index contributed by atoms with van der Waals surface area (Å²) in [5.74, 6) is 0.0180. The van der Waals surface area contributed by atoms with Crippen LogP contribution in [0.1, 0.15) is 11.1 Å². The lowest BCUT2D eigenvalue weighted by atomic mass is 10.2. The van der Waals surface area contributed by atoms with Crippen molar-refractivity contribution in [2.24, 2.45) is 0 Å². The fraction of sp³-hybridized carbons (Fsp3) is 0.125. The Labute approximate surface area is 138 Å². The maximum Gasteiger partial charge on any atom is 0.262 e. The highest BCUT2D eigenvalue weighted by Gasteiger charge is 2.09. The van der Waals surface area contributed by atoms with Gasteiger partial charge in [-0.3, -0.25) is 4.79 Å². The second-order valence-corrected chi connectivity index (χ2v) is 5.32. The molecule has 0 aliphatic rings. The number of ether oxygens (including phenoxy) is 1. The summed E-state index contributed by atoms with van der Waals surface area (Å²) in [6.07, 6.45) is 0. The summed E-state index contributed by atoms with van der Waals surface area (Å²) in [5, 5.41) is 12.3. The van der Waals surface area contributed by atoms with Crippen molar-refractivity contribution < 1.29 is 9.53 Å². The molecule has 0 spiro atoms. The highest BCUT2D eigenvalue weighted by atomic mass is 35.5. The maximum absolute atomic E-state index is 11.9. The molecule has 1 amide bonds. The van der Waals surface area contributed by atoms with Gasteiger partial charge >= 0.3 is 0 Å². The molecule has 0 aliphatic carbocycles. The summed E-state index contributed by atoms with van der Waals surface area (Å²) < 4.78 is 5.35. The van der Waals surface area contributed by atoms with Gasteiger partial charge < -0.3 is 10.1 Å². The summed E-state index contributed by atoms with van der Waals surface area (Å²) in [6, 6.07) is 11.8. The van der Waals surface area contributed by atoms with Crippen LogP contribution >= 0.6 is 23.2 Å². The number of carbonyl (C=O) groups excluding carboxylic acids is 1. The van der Waals surface area contributed by atoms with Crippen LogP contribution in [0.25, 0.3) is 0 Å². The summed E-state index contributed by atoms with van der Waals surface area (Å²) in [6.45, 7) is 1.62. The van der Waals surface area contributed by atoms with Crippen LogP contribution in [-0.4, -0.2) is 12.5 Å². The van der Waals surface area contributed by atoms with Gasteiger partial charge in [0.15, 0.2) is 6.61 Å². The first-order valence-electron chi connectivity index (χ1n) is 6.38. The quantitative estimate of drug-likeness (QED) is 0.911. The van der Waals surface area contributed by atoms with Gasteiger partial charge in [0.1, 0.15) is 5.75 Å². The molecule has 2 rings (SSSR count). The van der Waals surface area contributed by atoms with Crippen molar-refractivity contribution in [3.8, 4) is 11.8 Å². The van der Waals surface area contributed by atoms with Gasteiger partial charge in [0.05, 0.1) is 16.7 Å². The molecule has 0 atom stereocenters. The van der Waals surface area contributed by atoms with Gasteiger partial charge in [-0.25, -0.2) is 0 Å². The van der Waals surface area contributed by atoms with Gasteiger partial charge in [-0.1, -0.05) is 29.3 Å². The van der Waals surface area contributed by atoms with Crippen LogP contribution in [0.4, 0.5) is 5.69 Å². The number of carbonyl (C=O) groups is 1. The average molecular weight is 335 g/mol. The maximum atomic E-state index is 11.9. The highest BCUT2D eigenvalue weighted by molar-refractivity contribution is 6.32. The van der Waals surface area contributed by atoms with Crippen LogP contribution in [0.3, 0.4) is 0 Å². The van der Waals surface area contributed by atoms with Crippen LogP contribution in [-0.2, 0) is 4.79 Å². The molecule has 0 heterocycles. The highest BCUT2D eigenvalue weighted by Crippen LogP contribution is 2.26. The molecule has 0 radical (unpaired) electrons. The minimum atomic E-state index is -0.328. The first-order valence-corrected chi connectivity index (χ1v) is 7.14. The fourth-order valence-corrected chi connectivity index (χ4v) is 2.17. The van der Waals surface area contributed by atoms with E-state index < -0.39 is 0 Å². The predicted molar refractivity (Wildman–Crippen MR) is 86.5 cm³/mol. The molecule has 0 aromatic heterocycles. The zero-order valence-electron chi connectivity index (χ0n) is 11.7. The van der Waals surface area contributed by atoms with Crippen molar-refractivity contribution in [3.05, 3.63) is 57.6 Å². The van der Waals surface area contributed by atoms with Gasteiger partial charge in [0, 0.05) is 10.7 Å². The van der Waals surface area contributed by atoms with Crippen LogP contribution in [0.2, 0.25) is 10.0 Å². The van der Waals surface area contributed by atoms with Crippen molar-refractivity contribution in [2.75, 3.05) is 11.9 Å². The molecule has 2 aromatic rings. The largest absolute Gasteiger partial charge is 0.482 e. The molecule has 0 fully saturated rings. The molecule has 1 N–H and O–H groups in total. The zero-order valence-corrected chi connectivity index (χ0v) is 13.2. The summed E-state index contributed by atoms with van der Waals surface area (Å²) in [5.41, 5.74) is 1.84. The van der Waals surface area contributed by atoms with E-state index in [9.17, 15) is 4.79 Å². The SMILES string of the molecule is Cc1c(Cl)cccc1NC(=O)COc1ccc(C#N)cc1Cl. The van der Waals surface area contributed by atoms with E-state index in [1.165, 1.54) is 6.07 Å². The molecule has 2 aromatic carbocycles. The van der Waals surface area contributed by atoms with Crippen molar-refractivity contribution >= 4 is 34.8 Å². The topological polar surface area (TPSA) is 62.1 Å². The third kappa shape index (κ3) is 3.91. The summed E-state index contributed by atoms with van der Waals surface area (Å²) in [7, 11) is 0. The molecule has 112 valence electrons. The molecular formula is C16H12Cl2N2O2. The first-order chi connectivity index (χ1) is 10.5. The van der Waals surface area contributed by atoms with E-state index in [2.05, 4.69) is 5.32 Å². The number of hydrogen-bond donors (Lipinski definition) is 1. The van der Waals surface area contributed by atoms with E-state index in [0.29, 0.717) is 22.0 Å². The predicted octanol–water partition coefficient (Wildman–Crippen LogP) is 4.19. The van der Waals surface area contributed by atoms with E-state index in [0.717, 1.165) is 5.56 Å². The summed E-state index contributed by atoms with van der Waals surface area (Å²) >= 11 is 12.0. The van der Waals surface area contributed by atoms with E-state index in [-0.39, 0.29) is 17.5 Å². The Hall–Kier alpha value is -2.22. The number of halogens is 2. The molecule has 22 heavy (non-hydrogen) atoms. The Morgan fingerprint density at radius 1 is 1.27 bits per heavy atom. The number of hydrogen-bond acceptors (Lipinski definition) is 3. The minimum Gasteiger partial charge on any atom is -0.482 e. The number of nitrogens with one attached hydrogen (secondary N) is 1. The third-order valence-corrected chi connectivity index (χ3v) is 3.67. The molecule has 6 heteroatoms. The van der Waals surface area contributed by atoms with Gasteiger partial charge in [-0.15, -0.1) is 0 Å².